The Labute approximate surface area is 129 Å². The Kier molecular flexibility index (Phi) is 4.66. The second kappa shape index (κ2) is 6.50. The van der Waals surface area contributed by atoms with E-state index in [1.165, 1.54) is 32.2 Å². The van der Waals surface area contributed by atoms with Gasteiger partial charge in [-0.25, -0.2) is 0 Å². The first-order valence-electron chi connectivity index (χ1n) is 8.77. The van der Waals surface area contributed by atoms with E-state index in [9.17, 15) is 0 Å². The highest BCUT2D eigenvalue weighted by Crippen LogP contribution is 2.37. The van der Waals surface area contributed by atoms with Crippen LogP contribution in [0.1, 0.15) is 57.2 Å². The molecule has 1 aromatic carbocycles. The Morgan fingerprint density at radius 2 is 2.00 bits per heavy atom. The maximum atomic E-state index is 3.83. The largest absolute Gasteiger partial charge is 0.309 e. The zero-order chi connectivity index (χ0) is 14.8. The lowest BCUT2D eigenvalue weighted by Gasteiger charge is -2.43. The van der Waals surface area contributed by atoms with Gasteiger partial charge in [0.2, 0.25) is 0 Å². The summed E-state index contributed by atoms with van der Waals surface area (Å²) in [5.41, 5.74) is 3.10. The van der Waals surface area contributed by atoms with Crippen molar-refractivity contribution in [3.8, 4) is 0 Å². The van der Waals surface area contributed by atoms with Crippen LogP contribution in [0.3, 0.4) is 0 Å². The van der Waals surface area contributed by atoms with E-state index in [4.69, 9.17) is 0 Å². The van der Waals surface area contributed by atoms with Crippen LogP contribution >= 0.6 is 0 Å². The molecule has 0 aromatic heterocycles. The van der Waals surface area contributed by atoms with Gasteiger partial charge in [-0.1, -0.05) is 38.1 Å². The van der Waals surface area contributed by atoms with E-state index >= 15 is 0 Å². The summed E-state index contributed by atoms with van der Waals surface area (Å²) in [7, 11) is 0. The average Bonchev–Trinajstić information content (AvgIpc) is 2.86. The van der Waals surface area contributed by atoms with Gasteiger partial charge in [-0.3, -0.25) is 4.90 Å². The number of piperidine rings is 1. The van der Waals surface area contributed by atoms with Crippen molar-refractivity contribution in [2.24, 2.45) is 5.92 Å². The Morgan fingerprint density at radius 3 is 2.81 bits per heavy atom. The molecule has 0 spiro atoms. The second-order valence-corrected chi connectivity index (χ2v) is 7.13. The second-order valence-electron chi connectivity index (χ2n) is 7.13. The van der Waals surface area contributed by atoms with Gasteiger partial charge in [-0.15, -0.1) is 0 Å². The predicted octanol–water partition coefficient (Wildman–Crippen LogP) is 3.77. The number of nitrogens with zero attached hydrogens (tertiary/aromatic N) is 1. The molecule has 4 unspecified atom stereocenters. The molecule has 1 aliphatic heterocycles. The quantitative estimate of drug-likeness (QED) is 0.906. The standard InChI is InChI=1S/C19H30N2/c1-4-11-20-19-17-8-6-5-7-16(17)12-18(19)21-13-14(2)9-10-15(21)3/h5-8,14-15,18-20H,4,9-13H2,1-3H3. The molecule has 1 aliphatic carbocycles. The van der Waals surface area contributed by atoms with Gasteiger partial charge in [-0.2, -0.15) is 0 Å². The molecular formula is C19H30N2. The van der Waals surface area contributed by atoms with E-state index in [0.717, 1.165) is 18.5 Å². The minimum Gasteiger partial charge on any atom is -0.309 e. The highest BCUT2D eigenvalue weighted by molar-refractivity contribution is 5.37. The van der Waals surface area contributed by atoms with Crippen molar-refractivity contribution < 1.29 is 0 Å². The fourth-order valence-corrected chi connectivity index (χ4v) is 4.21. The van der Waals surface area contributed by atoms with E-state index in [1.54, 1.807) is 11.1 Å². The molecule has 1 aromatic rings. The lowest BCUT2D eigenvalue weighted by atomic mass is 9.92. The van der Waals surface area contributed by atoms with Crippen LogP contribution in [-0.2, 0) is 6.42 Å². The Morgan fingerprint density at radius 1 is 1.19 bits per heavy atom. The number of benzene rings is 1. The number of hydrogen-bond donors (Lipinski definition) is 1. The number of nitrogens with one attached hydrogen (secondary N) is 1. The zero-order valence-electron chi connectivity index (χ0n) is 13.8. The molecule has 0 radical (unpaired) electrons. The van der Waals surface area contributed by atoms with Gasteiger partial charge >= 0.3 is 0 Å². The van der Waals surface area contributed by atoms with Gasteiger partial charge in [0, 0.05) is 24.7 Å². The molecule has 0 saturated carbocycles. The molecule has 3 rings (SSSR count). The van der Waals surface area contributed by atoms with E-state index in [2.05, 4.69) is 55.3 Å². The number of rotatable bonds is 4. The minimum absolute atomic E-state index is 0.522. The normalized spacial score (nSPS) is 33.1. The van der Waals surface area contributed by atoms with Crippen LogP contribution in [0, 0.1) is 5.92 Å². The summed E-state index contributed by atoms with van der Waals surface area (Å²) in [4.78, 5) is 2.79. The van der Waals surface area contributed by atoms with Crippen LogP contribution in [0.2, 0.25) is 0 Å². The van der Waals surface area contributed by atoms with Crippen molar-refractivity contribution in [1.29, 1.82) is 0 Å². The zero-order valence-corrected chi connectivity index (χ0v) is 13.8. The molecular weight excluding hydrogens is 256 g/mol. The SMILES string of the molecule is CCCNC1c2ccccc2CC1N1CC(C)CCC1C. The number of fused-ring (bicyclic) bond motifs is 1. The summed E-state index contributed by atoms with van der Waals surface area (Å²) < 4.78 is 0. The average molecular weight is 286 g/mol. The van der Waals surface area contributed by atoms with Crippen LogP contribution in [0.25, 0.3) is 0 Å². The molecule has 1 saturated heterocycles. The van der Waals surface area contributed by atoms with Crippen molar-refractivity contribution in [1.82, 2.24) is 10.2 Å². The van der Waals surface area contributed by atoms with E-state index in [-0.39, 0.29) is 0 Å². The number of likely N-dealkylation sites (tertiary alicyclic amines) is 1. The first kappa shape index (κ1) is 15.1. The molecule has 0 bridgehead atoms. The van der Waals surface area contributed by atoms with Gasteiger partial charge in [0.15, 0.2) is 0 Å². The lowest BCUT2D eigenvalue weighted by Crippen LogP contribution is -2.51. The lowest BCUT2D eigenvalue weighted by molar-refractivity contribution is 0.0628. The highest BCUT2D eigenvalue weighted by atomic mass is 15.2. The Bertz CT molecular complexity index is 470. The molecule has 4 atom stereocenters. The van der Waals surface area contributed by atoms with Crippen LogP contribution in [0.4, 0.5) is 0 Å². The van der Waals surface area contributed by atoms with Crippen LogP contribution in [0.5, 0.6) is 0 Å². The first-order valence-corrected chi connectivity index (χ1v) is 8.77. The van der Waals surface area contributed by atoms with Gasteiger partial charge in [0.05, 0.1) is 0 Å². The highest BCUT2D eigenvalue weighted by Gasteiger charge is 2.39. The third kappa shape index (κ3) is 3.02. The molecule has 1 N–H and O–H groups in total. The predicted molar refractivity (Wildman–Crippen MR) is 89.5 cm³/mol. The monoisotopic (exact) mass is 286 g/mol. The maximum Gasteiger partial charge on any atom is 0.0484 e. The van der Waals surface area contributed by atoms with E-state index in [0.29, 0.717) is 12.1 Å². The van der Waals surface area contributed by atoms with Crippen molar-refractivity contribution in [2.45, 2.75) is 64.6 Å². The van der Waals surface area contributed by atoms with Crippen molar-refractivity contribution in [3.05, 3.63) is 35.4 Å². The third-order valence-corrected chi connectivity index (χ3v) is 5.41. The molecule has 21 heavy (non-hydrogen) atoms. The Hall–Kier alpha value is -0.860. The summed E-state index contributed by atoms with van der Waals surface area (Å²) >= 11 is 0. The Balaban J connectivity index is 1.83. The van der Waals surface area contributed by atoms with Crippen molar-refractivity contribution in [3.63, 3.8) is 0 Å². The van der Waals surface area contributed by atoms with Gasteiger partial charge < -0.3 is 5.32 Å². The maximum absolute atomic E-state index is 3.83. The molecule has 116 valence electrons. The smallest absolute Gasteiger partial charge is 0.0484 e. The topological polar surface area (TPSA) is 15.3 Å². The molecule has 2 heteroatoms. The summed E-state index contributed by atoms with van der Waals surface area (Å²) in [6, 6.07) is 11.0. The van der Waals surface area contributed by atoms with Gasteiger partial charge in [0.1, 0.15) is 0 Å². The first-order chi connectivity index (χ1) is 10.2. The third-order valence-electron chi connectivity index (χ3n) is 5.41. The fourth-order valence-electron chi connectivity index (χ4n) is 4.21. The van der Waals surface area contributed by atoms with Crippen molar-refractivity contribution in [2.75, 3.05) is 13.1 Å². The van der Waals surface area contributed by atoms with Crippen molar-refractivity contribution >= 4 is 0 Å². The molecule has 2 nitrogen and oxygen atoms in total. The molecule has 1 heterocycles. The van der Waals surface area contributed by atoms with Crippen LogP contribution < -0.4 is 5.32 Å². The summed E-state index contributed by atoms with van der Waals surface area (Å²) in [5, 5.41) is 3.83. The molecule has 1 fully saturated rings. The molecule has 2 aliphatic rings. The summed E-state index contributed by atoms with van der Waals surface area (Å²) in [6.07, 6.45) is 5.17. The van der Waals surface area contributed by atoms with Crippen LogP contribution in [-0.4, -0.2) is 30.1 Å². The minimum atomic E-state index is 0.522. The van der Waals surface area contributed by atoms with Crippen LogP contribution in [0.15, 0.2) is 24.3 Å². The summed E-state index contributed by atoms with van der Waals surface area (Å²) in [6.45, 7) is 9.48. The van der Waals surface area contributed by atoms with E-state index < -0.39 is 0 Å². The fraction of sp³-hybridized carbons (Fsp3) is 0.684. The van der Waals surface area contributed by atoms with Gasteiger partial charge in [0.25, 0.3) is 0 Å². The van der Waals surface area contributed by atoms with E-state index in [1.807, 2.05) is 0 Å². The summed E-state index contributed by atoms with van der Waals surface area (Å²) in [5.74, 6) is 0.844. The number of hydrogen-bond acceptors (Lipinski definition) is 2. The van der Waals surface area contributed by atoms with Gasteiger partial charge in [-0.05, 0) is 56.2 Å². The molecule has 0 amide bonds.